The van der Waals surface area contributed by atoms with Gasteiger partial charge in [-0.25, -0.2) is 0 Å². The summed E-state index contributed by atoms with van der Waals surface area (Å²) in [5, 5.41) is 0. The van der Waals surface area contributed by atoms with Gasteiger partial charge < -0.3 is 10.6 Å². The number of hydrogen-bond donors (Lipinski definition) is 1. The second-order valence-corrected chi connectivity index (χ2v) is 6.52. The van der Waals surface area contributed by atoms with Crippen LogP contribution in [0.25, 0.3) is 0 Å². The Morgan fingerprint density at radius 2 is 2.10 bits per heavy atom. The van der Waals surface area contributed by atoms with E-state index >= 15 is 0 Å². The molecule has 0 saturated carbocycles. The predicted octanol–water partition coefficient (Wildman–Crippen LogP) is 3.39. The van der Waals surface area contributed by atoms with Crippen molar-refractivity contribution in [3.8, 4) is 0 Å². The minimum Gasteiger partial charge on any atom is -0.342 e. The predicted molar refractivity (Wildman–Crippen MR) is 92.7 cm³/mol. The number of amides is 1. The van der Waals surface area contributed by atoms with Crippen LogP contribution in [0.3, 0.4) is 0 Å². The molecule has 21 heavy (non-hydrogen) atoms. The monoisotopic (exact) mass is 374 g/mol. The zero-order valence-electron chi connectivity index (χ0n) is 12.4. The molecule has 1 fully saturated rings. The summed E-state index contributed by atoms with van der Waals surface area (Å²) < 4.78 is 1.07. The van der Waals surface area contributed by atoms with E-state index in [4.69, 9.17) is 5.73 Å². The Bertz CT molecular complexity index is 461. The molecule has 0 radical (unpaired) electrons. The first kappa shape index (κ1) is 18.5. The molecule has 1 saturated heterocycles. The van der Waals surface area contributed by atoms with Crippen molar-refractivity contribution in [1.82, 2.24) is 4.90 Å². The third-order valence-corrected chi connectivity index (χ3v) is 4.56. The summed E-state index contributed by atoms with van der Waals surface area (Å²) in [6.07, 6.45) is 3.56. The lowest BCUT2D eigenvalue weighted by Crippen LogP contribution is -2.45. The van der Waals surface area contributed by atoms with Crippen molar-refractivity contribution in [2.45, 2.75) is 38.6 Å². The minimum atomic E-state index is 0. The SMILES string of the molecule is CCC(Cc1cccc(Br)c1)C(=O)N1CCC(N)CC1.Cl. The second-order valence-electron chi connectivity index (χ2n) is 5.60. The lowest BCUT2D eigenvalue weighted by atomic mass is 9.94. The lowest BCUT2D eigenvalue weighted by Gasteiger charge is -2.32. The topological polar surface area (TPSA) is 46.3 Å². The number of halogens is 2. The van der Waals surface area contributed by atoms with Crippen molar-refractivity contribution < 1.29 is 4.79 Å². The Hall–Kier alpha value is -0.580. The van der Waals surface area contributed by atoms with Gasteiger partial charge in [0.1, 0.15) is 0 Å². The standard InChI is InChI=1S/C16H23BrN2O.ClH/c1-2-13(10-12-4-3-5-14(17)11-12)16(20)19-8-6-15(18)7-9-19;/h3-5,11,13,15H,2,6-10,18H2,1H3;1H. The molecule has 3 nitrogen and oxygen atoms in total. The van der Waals surface area contributed by atoms with Crippen LogP contribution < -0.4 is 5.73 Å². The first-order valence-corrected chi connectivity index (χ1v) is 8.18. The number of benzene rings is 1. The van der Waals surface area contributed by atoms with Crippen molar-refractivity contribution in [3.63, 3.8) is 0 Å². The summed E-state index contributed by atoms with van der Waals surface area (Å²) in [5.41, 5.74) is 7.12. The Kier molecular flexibility index (Phi) is 7.71. The fraction of sp³-hybridized carbons (Fsp3) is 0.562. The number of piperidine rings is 1. The van der Waals surface area contributed by atoms with E-state index in [2.05, 4.69) is 35.0 Å². The van der Waals surface area contributed by atoms with E-state index in [0.29, 0.717) is 5.91 Å². The largest absolute Gasteiger partial charge is 0.342 e. The van der Waals surface area contributed by atoms with E-state index < -0.39 is 0 Å². The molecule has 1 unspecified atom stereocenters. The Morgan fingerprint density at radius 1 is 1.43 bits per heavy atom. The van der Waals surface area contributed by atoms with Crippen LogP contribution in [0, 0.1) is 5.92 Å². The van der Waals surface area contributed by atoms with Crippen LogP contribution in [0.5, 0.6) is 0 Å². The molecule has 1 aromatic rings. The molecule has 1 aliphatic heterocycles. The average molecular weight is 376 g/mol. The van der Waals surface area contributed by atoms with Crippen LogP contribution in [0.2, 0.25) is 0 Å². The molecule has 1 amide bonds. The van der Waals surface area contributed by atoms with Crippen LogP contribution in [0.15, 0.2) is 28.7 Å². The van der Waals surface area contributed by atoms with Gasteiger partial charge in [-0.3, -0.25) is 4.79 Å². The van der Waals surface area contributed by atoms with Crippen LogP contribution >= 0.6 is 28.3 Å². The number of likely N-dealkylation sites (tertiary alicyclic amines) is 1. The summed E-state index contributed by atoms with van der Waals surface area (Å²) in [7, 11) is 0. The Morgan fingerprint density at radius 3 is 2.67 bits per heavy atom. The summed E-state index contributed by atoms with van der Waals surface area (Å²) in [6, 6.07) is 8.49. The summed E-state index contributed by atoms with van der Waals surface area (Å²) in [5.74, 6) is 0.373. The third-order valence-electron chi connectivity index (χ3n) is 4.06. The number of carbonyl (C=O) groups is 1. The van der Waals surface area contributed by atoms with E-state index in [0.717, 1.165) is 43.2 Å². The average Bonchev–Trinajstić information content (AvgIpc) is 2.45. The number of hydrogen-bond acceptors (Lipinski definition) is 2. The number of nitrogens with two attached hydrogens (primary N) is 1. The van der Waals surface area contributed by atoms with Gasteiger partial charge in [-0.05, 0) is 43.4 Å². The Balaban J connectivity index is 0.00000220. The highest BCUT2D eigenvalue weighted by atomic mass is 79.9. The first-order valence-electron chi connectivity index (χ1n) is 7.39. The molecule has 0 bridgehead atoms. The van der Waals surface area contributed by atoms with Crippen LogP contribution in [-0.4, -0.2) is 29.9 Å². The lowest BCUT2D eigenvalue weighted by molar-refractivity contribution is -0.136. The maximum atomic E-state index is 12.6. The molecule has 1 atom stereocenters. The van der Waals surface area contributed by atoms with Gasteiger partial charge in [0.05, 0.1) is 0 Å². The number of carbonyl (C=O) groups excluding carboxylic acids is 1. The van der Waals surface area contributed by atoms with E-state index in [1.54, 1.807) is 0 Å². The van der Waals surface area contributed by atoms with Gasteiger partial charge in [0.2, 0.25) is 5.91 Å². The second kappa shape index (κ2) is 8.76. The molecule has 5 heteroatoms. The highest BCUT2D eigenvalue weighted by molar-refractivity contribution is 9.10. The number of rotatable bonds is 4. The fourth-order valence-electron chi connectivity index (χ4n) is 2.73. The fourth-order valence-corrected chi connectivity index (χ4v) is 3.18. The van der Waals surface area contributed by atoms with Crippen molar-refractivity contribution in [2.24, 2.45) is 11.7 Å². The van der Waals surface area contributed by atoms with Gasteiger partial charge in [-0.1, -0.05) is 35.0 Å². The first-order chi connectivity index (χ1) is 9.60. The van der Waals surface area contributed by atoms with Crippen LogP contribution in [-0.2, 0) is 11.2 Å². The van der Waals surface area contributed by atoms with Gasteiger partial charge in [0.15, 0.2) is 0 Å². The quantitative estimate of drug-likeness (QED) is 0.877. The smallest absolute Gasteiger partial charge is 0.226 e. The van der Waals surface area contributed by atoms with Crippen LogP contribution in [0.1, 0.15) is 31.7 Å². The van der Waals surface area contributed by atoms with E-state index in [1.807, 2.05) is 17.0 Å². The molecular formula is C16H24BrClN2O. The van der Waals surface area contributed by atoms with E-state index in [9.17, 15) is 4.79 Å². The van der Waals surface area contributed by atoms with Crippen LogP contribution in [0.4, 0.5) is 0 Å². The molecule has 0 spiro atoms. The van der Waals surface area contributed by atoms with Gasteiger partial charge in [-0.2, -0.15) is 0 Å². The maximum absolute atomic E-state index is 12.6. The molecule has 1 aliphatic rings. The van der Waals surface area contributed by atoms with Crippen molar-refractivity contribution >= 4 is 34.2 Å². The Labute approximate surface area is 141 Å². The molecule has 2 N–H and O–H groups in total. The summed E-state index contributed by atoms with van der Waals surface area (Å²) in [4.78, 5) is 14.6. The van der Waals surface area contributed by atoms with Crippen molar-refractivity contribution in [1.29, 1.82) is 0 Å². The molecular weight excluding hydrogens is 352 g/mol. The van der Waals surface area contributed by atoms with Gasteiger partial charge >= 0.3 is 0 Å². The van der Waals surface area contributed by atoms with E-state index in [-0.39, 0.29) is 24.4 Å². The molecule has 1 aromatic carbocycles. The third kappa shape index (κ3) is 5.28. The molecule has 0 aromatic heterocycles. The normalized spacial score (nSPS) is 17.2. The van der Waals surface area contributed by atoms with Gasteiger partial charge in [0.25, 0.3) is 0 Å². The zero-order valence-corrected chi connectivity index (χ0v) is 14.8. The highest BCUT2D eigenvalue weighted by Crippen LogP contribution is 2.20. The van der Waals surface area contributed by atoms with Gasteiger partial charge in [-0.15, -0.1) is 12.4 Å². The zero-order chi connectivity index (χ0) is 14.5. The van der Waals surface area contributed by atoms with Crippen molar-refractivity contribution in [3.05, 3.63) is 34.3 Å². The number of nitrogens with zero attached hydrogens (tertiary/aromatic N) is 1. The molecule has 1 heterocycles. The summed E-state index contributed by atoms with van der Waals surface area (Å²) >= 11 is 3.48. The maximum Gasteiger partial charge on any atom is 0.226 e. The van der Waals surface area contributed by atoms with E-state index in [1.165, 1.54) is 5.56 Å². The molecule has 2 rings (SSSR count). The van der Waals surface area contributed by atoms with Gasteiger partial charge in [0, 0.05) is 29.5 Å². The van der Waals surface area contributed by atoms with Crippen molar-refractivity contribution in [2.75, 3.05) is 13.1 Å². The minimum absolute atomic E-state index is 0. The molecule has 0 aliphatic carbocycles. The molecule has 118 valence electrons. The summed E-state index contributed by atoms with van der Waals surface area (Å²) in [6.45, 7) is 3.72. The highest BCUT2D eigenvalue weighted by Gasteiger charge is 2.26.